The van der Waals surface area contributed by atoms with Crippen LogP contribution >= 0.6 is 0 Å². The summed E-state index contributed by atoms with van der Waals surface area (Å²) >= 11 is 0. The van der Waals surface area contributed by atoms with Crippen molar-refractivity contribution in [3.63, 3.8) is 0 Å². The fourth-order valence-electron chi connectivity index (χ4n) is 3.06. The second kappa shape index (κ2) is 6.53. The molecular formula is C22H18N4O. The van der Waals surface area contributed by atoms with Crippen LogP contribution in [0.5, 0.6) is 0 Å². The highest BCUT2D eigenvalue weighted by molar-refractivity contribution is 6.07. The van der Waals surface area contributed by atoms with Crippen molar-refractivity contribution < 1.29 is 4.79 Å². The third kappa shape index (κ3) is 3.35. The van der Waals surface area contributed by atoms with Gasteiger partial charge in [0.1, 0.15) is 5.84 Å². The molecule has 0 atom stereocenters. The van der Waals surface area contributed by atoms with E-state index in [-0.39, 0.29) is 11.7 Å². The number of aryl methyl sites for hydroxylation is 1. The Bertz CT molecular complexity index is 1210. The van der Waals surface area contributed by atoms with Gasteiger partial charge in [0.05, 0.1) is 5.52 Å². The standard InChI is InChI=1S/C22H18N4O/c1-13-2-3-16-12-19(8-9-20(16)25-13)26-22(27)18-7-5-14-10-17(21(23)24)6-4-15(14)11-18/h2-12H,1H3,(H3,23,24)(H,26,27). The summed E-state index contributed by atoms with van der Waals surface area (Å²) < 4.78 is 0. The summed E-state index contributed by atoms with van der Waals surface area (Å²) in [4.78, 5) is 17.1. The minimum Gasteiger partial charge on any atom is -0.384 e. The first kappa shape index (κ1) is 16.7. The smallest absolute Gasteiger partial charge is 0.255 e. The van der Waals surface area contributed by atoms with Crippen molar-refractivity contribution in [2.24, 2.45) is 5.73 Å². The normalized spacial score (nSPS) is 10.9. The Labute approximate surface area is 156 Å². The molecule has 1 aromatic heterocycles. The third-order valence-corrected chi connectivity index (χ3v) is 4.50. The zero-order valence-electron chi connectivity index (χ0n) is 14.8. The number of rotatable bonds is 3. The summed E-state index contributed by atoms with van der Waals surface area (Å²) in [6, 6.07) is 20.6. The number of nitrogens with zero attached hydrogens (tertiary/aromatic N) is 1. The lowest BCUT2D eigenvalue weighted by molar-refractivity contribution is 0.102. The topological polar surface area (TPSA) is 91.9 Å². The largest absolute Gasteiger partial charge is 0.384 e. The Hall–Kier alpha value is -3.73. The molecule has 0 bridgehead atoms. The van der Waals surface area contributed by atoms with E-state index in [9.17, 15) is 4.79 Å². The molecule has 0 saturated heterocycles. The summed E-state index contributed by atoms with van der Waals surface area (Å²) in [6.07, 6.45) is 0. The Morgan fingerprint density at radius 3 is 2.30 bits per heavy atom. The Kier molecular flexibility index (Phi) is 4.05. The number of benzene rings is 3. The average molecular weight is 354 g/mol. The molecule has 5 heteroatoms. The van der Waals surface area contributed by atoms with E-state index in [1.54, 1.807) is 12.1 Å². The van der Waals surface area contributed by atoms with E-state index in [0.29, 0.717) is 11.1 Å². The summed E-state index contributed by atoms with van der Waals surface area (Å²) in [5.74, 6) is -0.147. The predicted molar refractivity (Wildman–Crippen MR) is 109 cm³/mol. The molecule has 4 aromatic rings. The molecular weight excluding hydrogens is 336 g/mol. The highest BCUT2D eigenvalue weighted by Crippen LogP contribution is 2.21. The van der Waals surface area contributed by atoms with Crippen molar-refractivity contribution in [1.82, 2.24) is 4.98 Å². The van der Waals surface area contributed by atoms with Gasteiger partial charge in [-0.15, -0.1) is 0 Å². The highest BCUT2D eigenvalue weighted by Gasteiger charge is 2.09. The molecule has 0 radical (unpaired) electrons. The Morgan fingerprint density at radius 2 is 1.56 bits per heavy atom. The molecule has 4 N–H and O–H groups in total. The first-order valence-corrected chi connectivity index (χ1v) is 8.56. The van der Waals surface area contributed by atoms with Gasteiger partial charge in [-0.05, 0) is 60.2 Å². The van der Waals surface area contributed by atoms with Crippen molar-refractivity contribution >= 4 is 39.1 Å². The number of hydrogen-bond donors (Lipinski definition) is 3. The summed E-state index contributed by atoms with van der Waals surface area (Å²) in [7, 11) is 0. The monoisotopic (exact) mass is 354 g/mol. The molecule has 0 aliphatic rings. The number of carbonyl (C=O) groups excluding carboxylic acids is 1. The zero-order valence-corrected chi connectivity index (χ0v) is 14.8. The van der Waals surface area contributed by atoms with Gasteiger partial charge in [-0.3, -0.25) is 15.2 Å². The van der Waals surface area contributed by atoms with E-state index in [1.807, 2.05) is 61.5 Å². The number of nitrogens with one attached hydrogen (secondary N) is 2. The molecule has 4 rings (SSSR count). The third-order valence-electron chi connectivity index (χ3n) is 4.50. The van der Waals surface area contributed by atoms with Gasteiger partial charge in [-0.1, -0.05) is 24.3 Å². The molecule has 0 aliphatic carbocycles. The quantitative estimate of drug-likeness (QED) is 0.380. The SMILES string of the molecule is Cc1ccc2cc(NC(=O)c3ccc4cc(C(=N)N)ccc4c3)ccc2n1. The highest BCUT2D eigenvalue weighted by atomic mass is 16.1. The van der Waals surface area contributed by atoms with Crippen molar-refractivity contribution in [2.75, 3.05) is 5.32 Å². The fraction of sp³-hybridized carbons (Fsp3) is 0.0455. The van der Waals surface area contributed by atoms with Crippen molar-refractivity contribution in [3.8, 4) is 0 Å². The van der Waals surface area contributed by atoms with Gasteiger partial charge in [-0.25, -0.2) is 0 Å². The predicted octanol–water partition coefficient (Wildman–Crippen LogP) is 4.23. The van der Waals surface area contributed by atoms with E-state index in [4.69, 9.17) is 11.1 Å². The van der Waals surface area contributed by atoms with Crippen LogP contribution in [0.2, 0.25) is 0 Å². The molecule has 0 aliphatic heterocycles. The maximum Gasteiger partial charge on any atom is 0.255 e. The molecule has 0 spiro atoms. The fourth-order valence-corrected chi connectivity index (χ4v) is 3.06. The maximum atomic E-state index is 12.6. The lowest BCUT2D eigenvalue weighted by Crippen LogP contribution is -2.12. The van der Waals surface area contributed by atoms with Crippen LogP contribution in [0, 0.1) is 12.3 Å². The number of hydrogen-bond acceptors (Lipinski definition) is 3. The molecule has 3 aromatic carbocycles. The molecule has 1 heterocycles. The molecule has 1 amide bonds. The number of nitrogens with two attached hydrogens (primary N) is 1. The van der Waals surface area contributed by atoms with Gasteiger partial charge >= 0.3 is 0 Å². The molecule has 0 saturated carbocycles. The van der Waals surface area contributed by atoms with Crippen molar-refractivity contribution in [2.45, 2.75) is 6.92 Å². The number of fused-ring (bicyclic) bond motifs is 2. The van der Waals surface area contributed by atoms with E-state index in [1.165, 1.54) is 0 Å². The van der Waals surface area contributed by atoms with Gasteiger partial charge < -0.3 is 11.1 Å². The lowest BCUT2D eigenvalue weighted by atomic mass is 10.0. The molecule has 27 heavy (non-hydrogen) atoms. The second-order valence-electron chi connectivity index (χ2n) is 6.50. The van der Waals surface area contributed by atoms with E-state index < -0.39 is 0 Å². The number of pyridine rings is 1. The van der Waals surface area contributed by atoms with Crippen LogP contribution in [0.3, 0.4) is 0 Å². The van der Waals surface area contributed by atoms with Crippen LogP contribution < -0.4 is 11.1 Å². The number of amides is 1. The van der Waals surface area contributed by atoms with E-state index >= 15 is 0 Å². The van der Waals surface area contributed by atoms with Crippen LogP contribution in [0.25, 0.3) is 21.7 Å². The van der Waals surface area contributed by atoms with E-state index in [2.05, 4.69) is 10.3 Å². The summed E-state index contributed by atoms with van der Waals surface area (Å²) in [6.45, 7) is 1.95. The number of amidine groups is 1. The first-order valence-electron chi connectivity index (χ1n) is 8.56. The zero-order chi connectivity index (χ0) is 19.0. The van der Waals surface area contributed by atoms with Crippen LogP contribution in [0.1, 0.15) is 21.6 Å². The maximum absolute atomic E-state index is 12.6. The number of carbonyl (C=O) groups is 1. The van der Waals surface area contributed by atoms with Gasteiger partial charge in [-0.2, -0.15) is 0 Å². The van der Waals surface area contributed by atoms with E-state index in [0.717, 1.165) is 33.1 Å². The van der Waals surface area contributed by atoms with Gasteiger partial charge in [0.15, 0.2) is 0 Å². The number of nitrogen functional groups attached to an aromatic ring is 1. The molecule has 5 nitrogen and oxygen atoms in total. The minimum absolute atomic E-state index is 0.0275. The lowest BCUT2D eigenvalue weighted by Gasteiger charge is -2.08. The van der Waals surface area contributed by atoms with Crippen molar-refractivity contribution in [1.29, 1.82) is 5.41 Å². The van der Waals surface area contributed by atoms with Crippen LogP contribution in [0.4, 0.5) is 5.69 Å². The molecule has 0 unspecified atom stereocenters. The average Bonchev–Trinajstić information content (AvgIpc) is 2.67. The molecule has 132 valence electrons. The summed E-state index contributed by atoms with van der Waals surface area (Å²) in [5.41, 5.74) is 9.36. The van der Waals surface area contributed by atoms with Gasteiger partial charge in [0.2, 0.25) is 0 Å². The first-order chi connectivity index (χ1) is 13.0. The Balaban J connectivity index is 1.61. The van der Waals surface area contributed by atoms with Crippen LogP contribution in [0.15, 0.2) is 66.7 Å². The van der Waals surface area contributed by atoms with Gasteiger partial charge in [0, 0.05) is 27.9 Å². The number of aromatic nitrogens is 1. The van der Waals surface area contributed by atoms with Gasteiger partial charge in [0.25, 0.3) is 5.91 Å². The van der Waals surface area contributed by atoms with Crippen molar-refractivity contribution in [3.05, 3.63) is 83.6 Å². The molecule has 0 fully saturated rings. The second-order valence-corrected chi connectivity index (χ2v) is 6.50. The van der Waals surface area contributed by atoms with Crippen LogP contribution in [-0.4, -0.2) is 16.7 Å². The Morgan fingerprint density at radius 1 is 0.889 bits per heavy atom. The van der Waals surface area contributed by atoms with Crippen LogP contribution in [-0.2, 0) is 0 Å². The minimum atomic E-state index is -0.174. The number of anilines is 1. The summed E-state index contributed by atoms with van der Waals surface area (Å²) in [5, 5.41) is 13.3.